The van der Waals surface area contributed by atoms with Crippen LogP contribution in [0.5, 0.6) is 0 Å². The number of allylic oxidation sites excluding steroid dienone is 1. The zero-order valence-electron chi connectivity index (χ0n) is 15.8. The van der Waals surface area contributed by atoms with E-state index in [2.05, 4.69) is 26.2 Å². The third kappa shape index (κ3) is 2.17. The Balaban J connectivity index is 1.73. The van der Waals surface area contributed by atoms with Crippen LogP contribution in [-0.2, 0) is 4.79 Å². The van der Waals surface area contributed by atoms with Crippen LogP contribution in [0, 0.1) is 28.6 Å². The molecule has 4 rings (SSSR count). The summed E-state index contributed by atoms with van der Waals surface area (Å²) in [6.45, 7) is 8.50. The lowest BCUT2D eigenvalue weighted by molar-refractivity contribution is -0.136. The second-order valence-electron chi connectivity index (χ2n) is 9.36. The van der Waals surface area contributed by atoms with Crippen LogP contribution in [0.3, 0.4) is 0 Å². The minimum Gasteiger partial charge on any atom is -0.385 e. The molecule has 25 heavy (non-hydrogen) atoms. The zero-order chi connectivity index (χ0) is 17.9. The number of carbonyl (C=O) groups is 1. The maximum atomic E-state index is 11.9. The van der Waals surface area contributed by atoms with Gasteiger partial charge >= 0.3 is 0 Å². The highest BCUT2D eigenvalue weighted by molar-refractivity contribution is 5.91. The number of aliphatic hydroxyl groups is 1. The van der Waals surface area contributed by atoms with E-state index >= 15 is 0 Å². The Bertz CT molecular complexity index is 670. The van der Waals surface area contributed by atoms with Crippen molar-refractivity contribution in [3.63, 3.8) is 0 Å². The van der Waals surface area contributed by atoms with E-state index in [-0.39, 0.29) is 5.41 Å². The van der Waals surface area contributed by atoms with Crippen molar-refractivity contribution in [3.05, 3.63) is 30.0 Å². The molecule has 0 spiro atoms. The van der Waals surface area contributed by atoms with Gasteiger partial charge in [-0.2, -0.15) is 0 Å². The molecule has 136 valence electrons. The van der Waals surface area contributed by atoms with Gasteiger partial charge in [0.15, 0.2) is 5.78 Å². The largest absolute Gasteiger partial charge is 0.385 e. The first-order chi connectivity index (χ1) is 11.9. The standard InChI is InChI=1S/C23H32O2/c1-4-11-23(25)12-10-20-19-8-6-16-15-17(24)7-9-18(16)21(19,3)13-14-22(20,23)5-2/h11,15,18-20,25H,1,5-10,12-14H2,2-3H3/t18-,19-,20-,21+,22?,23-/m0/s1. The second kappa shape index (κ2) is 5.69. The Labute approximate surface area is 152 Å². The highest BCUT2D eigenvalue weighted by Crippen LogP contribution is 2.70. The number of ketones is 1. The van der Waals surface area contributed by atoms with Gasteiger partial charge in [-0.1, -0.05) is 26.0 Å². The van der Waals surface area contributed by atoms with Crippen molar-refractivity contribution in [1.29, 1.82) is 0 Å². The lowest BCUT2D eigenvalue weighted by Crippen LogP contribution is -2.57. The summed E-state index contributed by atoms with van der Waals surface area (Å²) in [6, 6.07) is 0. The van der Waals surface area contributed by atoms with Crippen LogP contribution in [0.1, 0.15) is 71.6 Å². The summed E-state index contributed by atoms with van der Waals surface area (Å²) in [5.74, 6) is 2.18. The van der Waals surface area contributed by atoms with Crippen LogP contribution in [0.2, 0.25) is 0 Å². The summed E-state index contributed by atoms with van der Waals surface area (Å²) in [6.07, 6.45) is 13.2. The molecule has 0 aromatic carbocycles. The molecule has 0 bridgehead atoms. The van der Waals surface area contributed by atoms with Crippen molar-refractivity contribution >= 4 is 5.78 Å². The number of rotatable bonds is 2. The molecule has 1 unspecified atom stereocenters. The van der Waals surface area contributed by atoms with E-state index in [0.29, 0.717) is 29.0 Å². The summed E-state index contributed by atoms with van der Waals surface area (Å²) in [4.78, 5) is 11.9. The van der Waals surface area contributed by atoms with Gasteiger partial charge in [-0.3, -0.25) is 4.79 Å². The van der Waals surface area contributed by atoms with Gasteiger partial charge in [0, 0.05) is 11.8 Å². The first-order valence-corrected chi connectivity index (χ1v) is 10.2. The van der Waals surface area contributed by atoms with E-state index in [4.69, 9.17) is 0 Å². The summed E-state index contributed by atoms with van der Waals surface area (Å²) in [5.41, 5.74) is 3.90. The third-order valence-electron chi connectivity index (χ3n) is 8.84. The van der Waals surface area contributed by atoms with Gasteiger partial charge in [0.25, 0.3) is 0 Å². The molecular weight excluding hydrogens is 308 g/mol. The van der Waals surface area contributed by atoms with Gasteiger partial charge in [0.2, 0.25) is 0 Å². The minimum atomic E-state index is -0.728. The number of carbonyl (C=O) groups excluding carboxylic acids is 1. The summed E-state index contributed by atoms with van der Waals surface area (Å²) >= 11 is 0. The maximum absolute atomic E-state index is 11.9. The molecule has 3 fully saturated rings. The number of fused-ring (bicyclic) bond motifs is 5. The van der Waals surface area contributed by atoms with Crippen molar-refractivity contribution in [3.8, 4) is 0 Å². The van der Waals surface area contributed by atoms with E-state index in [1.165, 1.54) is 18.4 Å². The fourth-order valence-corrected chi connectivity index (χ4v) is 7.61. The molecule has 0 aromatic rings. The Morgan fingerprint density at radius 1 is 1.24 bits per heavy atom. The first-order valence-electron chi connectivity index (χ1n) is 10.2. The first kappa shape index (κ1) is 17.3. The normalized spacial score (nSPS) is 48.7. The van der Waals surface area contributed by atoms with E-state index in [9.17, 15) is 9.90 Å². The molecule has 0 aromatic heterocycles. The monoisotopic (exact) mass is 340 g/mol. The molecule has 4 aliphatic rings. The molecule has 0 amide bonds. The summed E-state index contributed by atoms with van der Waals surface area (Å²) in [5, 5.41) is 11.5. The highest BCUT2D eigenvalue weighted by atomic mass is 16.3. The molecule has 2 nitrogen and oxygen atoms in total. The third-order valence-corrected chi connectivity index (χ3v) is 8.84. The number of hydrogen-bond acceptors (Lipinski definition) is 2. The topological polar surface area (TPSA) is 37.3 Å². The van der Waals surface area contributed by atoms with Gasteiger partial charge in [-0.05, 0) is 86.7 Å². The van der Waals surface area contributed by atoms with Gasteiger partial charge in [0.1, 0.15) is 0 Å². The molecular formula is C23H32O2. The van der Waals surface area contributed by atoms with Gasteiger partial charge in [0.05, 0.1) is 5.60 Å². The highest BCUT2D eigenvalue weighted by Gasteiger charge is 2.65. The summed E-state index contributed by atoms with van der Waals surface area (Å²) in [7, 11) is 0. The van der Waals surface area contributed by atoms with Crippen molar-refractivity contribution in [2.24, 2.45) is 28.6 Å². The average Bonchev–Trinajstić information content (AvgIpc) is 2.87. The van der Waals surface area contributed by atoms with E-state index in [1.807, 2.05) is 12.2 Å². The quantitative estimate of drug-likeness (QED) is 0.720. The minimum absolute atomic E-state index is 0.00638. The lowest BCUT2D eigenvalue weighted by Gasteiger charge is -2.61. The Morgan fingerprint density at radius 2 is 2.04 bits per heavy atom. The van der Waals surface area contributed by atoms with Crippen molar-refractivity contribution in [1.82, 2.24) is 0 Å². The molecule has 1 N–H and O–H groups in total. The molecule has 0 saturated heterocycles. The predicted octanol–water partition coefficient (Wildman–Crippen LogP) is 4.98. The van der Waals surface area contributed by atoms with Crippen molar-refractivity contribution in [2.75, 3.05) is 0 Å². The Hall–Kier alpha value is -1.11. The zero-order valence-corrected chi connectivity index (χ0v) is 15.8. The van der Waals surface area contributed by atoms with E-state index in [0.717, 1.165) is 44.9 Å². The van der Waals surface area contributed by atoms with Crippen LogP contribution >= 0.6 is 0 Å². The van der Waals surface area contributed by atoms with Gasteiger partial charge < -0.3 is 5.11 Å². The molecule has 3 saturated carbocycles. The lowest BCUT2D eigenvalue weighted by atomic mass is 9.44. The molecule has 0 heterocycles. The maximum Gasteiger partial charge on any atom is 0.155 e. The van der Waals surface area contributed by atoms with Gasteiger partial charge in [-0.25, -0.2) is 0 Å². The molecule has 4 aliphatic carbocycles. The molecule has 6 atom stereocenters. The van der Waals surface area contributed by atoms with Crippen molar-refractivity contribution in [2.45, 2.75) is 77.2 Å². The van der Waals surface area contributed by atoms with Crippen LogP contribution in [-0.4, -0.2) is 16.5 Å². The molecule has 0 radical (unpaired) electrons. The van der Waals surface area contributed by atoms with E-state index < -0.39 is 5.60 Å². The summed E-state index contributed by atoms with van der Waals surface area (Å²) < 4.78 is 0. The van der Waals surface area contributed by atoms with E-state index in [1.54, 1.807) is 0 Å². The Morgan fingerprint density at radius 3 is 2.76 bits per heavy atom. The average molecular weight is 341 g/mol. The van der Waals surface area contributed by atoms with Crippen molar-refractivity contribution < 1.29 is 9.90 Å². The fourth-order valence-electron chi connectivity index (χ4n) is 7.61. The number of hydrogen-bond donors (Lipinski definition) is 1. The van der Waals surface area contributed by atoms with Crippen LogP contribution in [0.4, 0.5) is 0 Å². The predicted molar refractivity (Wildman–Crippen MR) is 100.0 cm³/mol. The second-order valence-corrected chi connectivity index (χ2v) is 9.36. The molecule has 2 heteroatoms. The molecule has 0 aliphatic heterocycles. The smallest absolute Gasteiger partial charge is 0.155 e. The van der Waals surface area contributed by atoms with Gasteiger partial charge in [-0.15, -0.1) is 5.73 Å². The SMILES string of the molecule is C=C=C[C@]1(O)CC[C@H]2[C@@H]3CCC4=CC(=O)CC[C@@H]4[C@@]3(C)CCC21CC. The Kier molecular flexibility index (Phi) is 3.94. The van der Waals surface area contributed by atoms with Crippen LogP contribution in [0.15, 0.2) is 30.0 Å². The fraction of sp³-hybridized carbons (Fsp3) is 0.739. The van der Waals surface area contributed by atoms with Crippen LogP contribution < -0.4 is 0 Å². The van der Waals surface area contributed by atoms with Crippen LogP contribution in [0.25, 0.3) is 0 Å².